The minimum absolute atomic E-state index is 0.470. The third kappa shape index (κ3) is 2.65. The first-order valence-electron chi connectivity index (χ1n) is 6.74. The van der Waals surface area contributed by atoms with Gasteiger partial charge < -0.3 is 0 Å². The lowest BCUT2D eigenvalue weighted by molar-refractivity contribution is 0.108. The van der Waals surface area contributed by atoms with E-state index in [1.807, 2.05) is 36.4 Å². The van der Waals surface area contributed by atoms with Crippen molar-refractivity contribution in [3.05, 3.63) is 59.8 Å². The van der Waals surface area contributed by atoms with Crippen molar-refractivity contribution in [1.82, 2.24) is 9.97 Å². The summed E-state index contributed by atoms with van der Waals surface area (Å²) in [4.78, 5) is 20.6. The van der Waals surface area contributed by atoms with Gasteiger partial charge in [0.05, 0.1) is 16.9 Å². The smallest absolute Gasteiger partial charge is 0.253 e. The highest BCUT2D eigenvalue weighted by molar-refractivity contribution is 6.68. The maximum absolute atomic E-state index is 11.8. The van der Waals surface area contributed by atoms with Crippen molar-refractivity contribution < 1.29 is 4.79 Å². The van der Waals surface area contributed by atoms with Gasteiger partial charge in [0.15, 0.2) is 0 Å². The zero-order valence-electron chi connectivity index (χ0n) is 11.5. The van der Waals surface area contributed by atoms with Crippen LogP contribution in [0.3, 0.4) is 0 Å². The van der Waals surface area contributed by atoms with Crippen molar-refractivity contribution in [1.29, 1.82) is 0 Å². The van der Waals surface area contributed by atoms with Gasteiger partial charge in [0.2, 0.25) is 0 Å². The van der Waals surface area contributed by atoms with Crippen LogP contribution in [0.2, 0.25) is 0 Å². The number of hydrogen-bond donors (Lipinski definition) is 0. The number of aryl methyl sites for hydroxylation is 1. The van der Waals surface area contributed by atoms with E-state index in [1.54, 1.807) is 12.3 Å². The van der Waals surface area contributed by atoms with Gasteiger partial charge in [0.25, 0.3) is 5.24 Å². The average Bonchev–Trinajstić information content (AvgIpc) is 2.54. The third-order valence-corrected chi connectivity index (χ3v) is 3.62. The normalized spacial score (nSPS) is 10.8. The molecule has 0 bridgehead atoms. The Hall–Kier alpha value is -2.26. The fraction of sp³-hybridized carbons (Fsp3) is 0.118. The van der Waals surface area contributed by atoms with Gasteiger partial charge in [0, 0.05) is 17.1 Å². The number of rotatable bonds is 3. The molecule has 0 saturated heterocycles. The van der Waals surface area contributed by atoms with E-state index in [9.17, 15) is 4.79 Å². The minimum Gasteiger partial charge on any atom is -0.276 e. The predicted octanol–water partition coefficient (Wildman–Crippen LogP) is 4.24. The van der Waals surface area contributed by atoms with Crippen molar-refractivity contribution in [3.63, 3.8) is 0 Å². The van der Waals surface area contributed by atoms with Crippen molar-refractivity contribution in [2.45, 2.75) is 13.3 Å². The van der Waals surface area contributed by atoms with Gasteiger partial charge in [0.1, 0.15) is 0 Å². The molecule has 0 fully saturated rings. The van der Waals surface area contributed by atoms with Gasteiger partial charge >= 0.3 is 0 Å². The summed E-state index contributed by atoms with van der Waals surface area (Å²) in [5, 5.41) is 0.307. The number of hydrogen-bond acceptors (Lipinski definition) is 3. The van der Waals surface area contributed by atoms with Gasteiger partial charge in [-0.05, 0) is 53.9 Å². The Kier molecular flexibility index (Phi) is 3.67. The Morgan fingerprint density at radius 1 is 1.14 bits per heavy atom. The Bertz CT molecular complexity index is 816. The van der Waals surface area contributed by atoms with Crippen LogP contribution in [0.5, 0.6) is 0 Å². The molecule has 1 aromatic carbocycles. The zero-order chi connectivity index (χ0) is 14.8. The van der Waals surface area contributed by atoms with Crippen molar-refractivity contribution in [2.75, 3.05) is 0 Å². The summed E-state index contributed by atoms with van der Waals surface area (Å²) in [7, 11) is 0. The van der Waals surface area contributed by atoms with Crippen LogP contribution in [0.25, 0.3) is 22.3 Å². The molecule has 0 N–H and O–H groups in total. The minimum atomic E-state index is -0.479. The molecular weight excluding hydrogens is 284 g/mol. The summed E-state index contributed by atoms with van der Waals surface area (Å²) >= 11 is 5.75. The number of carbonyl (C=O) groups is 1. The number of benzene rings is 1. The topological polar surface area (TPSA) is 42.9 Å². The van der Waals surface area contributed by atoms with E-state index >= 15 is 0 Å². The fourth-order valence-electron chi connectivity index (χ4n) is 2.30. The number of nitrogens with zero attached hydrogens (tertiary/aromatic N) is 2. The molecule has 0 aliphatic carbocycles. The monoisotopic (exact) mass is 296 g/mol. The molecule has 0 aliphatic heterocycles. The van der Waals surface area contributed by atoms with Crippen LogP contribution in [0.4, 0.5) is 0 Å². The molecule has 3 rings (SSSR count). The van der Waals surface area contributed by atoms with Gasteiger partial charge in [-0.1, -0.05) is 19.1 Å². The van der Waals surface area contributed by atoms with Crippen molar-refractivity contribution in [3.8, 4) is 11.4 Å². The highest BCUT2D eigenvalue weighted by Crippen LogP contribution is 2.26. The number of aromatic nitrogens is 2. The van der Waals surface area contributed by atoms with E-state index in [0.29, 0.717) is 11.3 Å². The predicted molar refractivity (Wildman–Crippen MR) is 84.5 cm³/mol. The molecule has 4 heteroatoms. The molecule has 0 amide bonds. The second kappa shape index (κ2) is 5.62. The lowest BCUT2D eigenvalue weighted by Gasteiger charge is -2.08. The molecule has 104 valence electrons. The van der Waals surface area contributed by atoms with Crippen LogP contribution in [0, 0.1) is 0 Å². The van der Waals surface area contributed by atoms with E-state index in [4.69, 9.17) is 11.6 Å². The number of carbonyl (C=O) groups excluding carboxylic acids is 1. The summed E-state index contributed by atoms with van der Waals surface area (Å²) in [6, 6.07) is 13.2. The Morgan fingerprint density at radius 3 is 2.67 bits per heavy atom. The van der Waals surface area contributed by atoms with Gasteiger partial charge in [-0.15, -0.1) is 0 Å². The van der Waals surface area contributed by atoms with Crippen molar-refractivity contribution in [2.24, 2.45) is 0 Å². The molecule has 0 spiro atoms. The quantitative estimate of drug-likeness (QED) is 0.679. The van der Waals surface area contributed by atoms with E-state index in [2.05, 4.69) is 16.9 Å². The standard InChI is InChI=1S/C17H13ClN2O/c1-2-11-6-7-14-12(9-11)13(17(18)21)10-16(20-14)15-5-3-4-8-19-15/h3-10H,2H2,1H3. The lowest BCUT2D eigenvalue weighted by atomic mass is 10.0. The molecule has 0 atom stereocenters. The molecule has 0 aliphatic rings. The number of pyridine rings is 2. The van der Waals surface area contributed by atoms with Crippen LogP contribution in [-0.4, -0.2) is 15.2 Å². The molecule has 0 unspecified atom stereocenters. The Balaban J connectivity index is 2.29. The van der Waals surface area contributed by atoms with E-state index in [-0.39, 0.29) is 0 Å². The van der Waals surface area contributed by atoms with Crippen molar-refractivity contribution >= 4 is 27.7 Å². The van der Waals surface area contributed by atoms with Gasteiger partial charge in [-0.2, -0.15) is 0 Å². The summed E-state index contributed by atoms with van der Waals surface area (Å²) in [5.74, 6) is 0. The average molecular weight is 297 g/mol. The maximum Gasteiger partial charge on any atom is 0.253 e. The summed E-state index contributed by atoms with van der Waals surface area (Å²) in [6.07, 6.45) is 2.59. The third-order valence-electron chi connectivity index (χ3n) is 3.42. The van der Waals surface area contributed by atoms with Gasteiger partial charge in [-0.25, -0.2) is 4.98 Å². The fourth-order valence-corrected chi connectivity index (χ4v) is 2.46. The van der Waals surface area contributed by atoms with Gasteiger partial charge in [-0.3, -0.25) is 9.78 Å². The first kappa shape index (κ1) is 13.7. The Morgan fingerprint density at radius 2 is 2.00 bits per heavy atom. The summed E-state index contributed by atoms with van der Waals surface area (Å²) < 4.78 is 0. The molecule has 2 heterocycles. The molecule has 3 aromatic rings. The highest BCUT2D eigenvalue weighted by atomic mass is 35.5. The van der Waals surface area contributed by atoms with E-state index in [0.717, 1.165) is 28.6 Å². The molecule has 0 saturated carbocycles. The molecular formula is C17H13ClN2O. The second-order valence-electron chi connectivity index (χ2n) is 4.75. The number of fused-ring (bicyclic) bond motifs is 1. The molecule has 0 radical (unpaired) electrons. The zero-order valence-corrected chi connectivity index (χ0v) is 12.3. The highest BCUT2D eigenvalue weighted by Gasteiger charge is 2.13. The maximum atomic E-state index is 11.8. The van der Waals surface area contributed by atoms with Crippen LogP contribution < -0.4 is 0 Å². The lowest BCUT2D eigenvalue weighted by Crippen LogP contribution is -1.97. The van der Waals surface area contributed by atoms with Crippen LogP contribution >= 0.6 is 11.6 Å². The number of halogens is 1. The first-order valence-corrected chi connectivity index (χ1v) is 7.11. The Labute approximate surface area is 127 Å². The first-order chi connectivity index (χ1) is 10.2. The molecule has 2 aromatic heterocycles. The second-order valence-corrected chi connectivity index (χ2v) is 5.09. The van der Waals surface area contributed by atoms with Crippen LogP contribution in [0.15, 0.2) is 48.7 Å². The molecule has 21 heavy (non-hydrogen) atoms. The van der Waals surface area contributed by atoms with E-state index < -0.39 is 5.24 Å². The van der Waals surface area contributed by atoms with Crippen LogP contribution in [0.1, 0.15) is 22.8 Å². The largest absolute Gasteiger partial charge is 0.276 e. The summed E-state index contributed by atoms with van der Waals surface area (Å²) in [5.41, 5.74) is 3.74. The molecule has 3 nitrogen and oxygen atoms in total. The summed E-state index contributed by atoms with van der Waals surface area (Å²) in [6.45, 7) is 2.07. The van der Waals surface area contributed by atoms with Crippen LogP contribution in [-0.2, 0) is 6.42 Å². The SMILES string of the molecule is CCc1ccc2nc(-c3ccccn3)cc(C(=O)Cl)c2c1. The van der Waals surface area contributed by atoms with E-state index in [1.165, 1.54) is 0 Å².